The van der Waals surface area contributed by atoms with Crippen molar-refractivity contribution in [1.82, 2.24) is 14.9 Å². The van der Waals surface area contributed by atoms with Gasteiger partial charge in [0.05, 0.1) is 6.20 Å². The molecule has 0 saturated heterocycles. The van der Waals surface area contributed by atoms with Crippen molar-refractivity contribution < 1.29 is 9.18 Å². The van der Waals surface area contributed by atoms with Crippen molar-refractivity contribution in [2.45, 2.75) is 43.8 Å². The van der Waals surface area contributed by atoms with Gasteiger partial charge in [-0.3, -0.25) is 9.36 Å². The Balaban J connectivity index is 1.56. The van der Waals surface area contributed by atoms with Gasteiger partial charge in [-0.2, -0.15) is 0 Å². The summed E-state index contributed by atoms with van der Waals surface area (Å²) in [5.41, 5.74) is 1.24. The molecule has 1 aromatic heterocycles. The second-order valence-corrected chi connectivity index (χ2v) is 8.32. The van der Waals surface area contributed by atoms with Crippen LogP contribution in [0.3, 0.4) is 0 Å². The fourth-order valence-electron chi connectivity index (χ4n) is 4.77. The standard InChI is InChI=1S/C20H24FN3OS/c1-12(17-10-13-3-4-14(17)9-13)23-19(25)18-11-22-20(26-2)24(18)16-7-5-15(21)6-8-16/h5-8,11-14,17H,3-4,9-10H2,1-2H3,(H,23,25)/t12-,13+,14+,17+/m1/s1. The number of carbonyl (C=O) groups excluding carboxylic acids is 1. The molecule has 2 aromatic rings. The van der Waals surface area contributed by atoms with Crippen LogP contribution in [0.2, 0.25) is 0 Å². The molecular formula is C20H24FN3OS. The molecule has 1 heterocycles. The number of amides is 1. The van der Waals surface area contributed by atoms with Crippen LogP contribution in [0.15, 0.2) is 35.6 Å². The number of hydrogen-bond donors (Lipinski definition) is 1. The van der Waals surface area contributed by atoms with Gasteiger partial charge in [0.1, 0.15) is 11.5 Å². The average Bonchev–Trinajstić information content (AvgIpc) is 3.37. The second-order valence-electron chi connectivity index (χ2n) is 7.54. The first-order valence-corrected chi connectivity index (χ1v) is 10.5. The molecule has 1 aromatic carbocycles. The number of hydrogen-bond acceptors (Lipinski definition) is 3. The summed E-state index contributed by atoms with van der Waals surface area (Å²) in [4.78, 5) is 17.3. The Hall–Kier alpha value is -1.82. The van der Waals surface area contributed by atoms with Crippen molar-refractivity contribution >= 4 is 17.7 Å². The summed E-state index contributed by atoms with van der Waals surface area (Å²) in [5.74, 6) is 1.80. The molecule has 1 N–H and O–H groups in total. The molecule has 4 atom stereocenters. The molecule has 6 heteroatoms. The molecular weight excluding hydrogens is 349 g/mol. The fraction of sp³-hybridized carbons (Fsp3) is 0.500. The molecule has 26 heavy (non-hydrogen) atoms. The average molecular weight is 373 g/mol. The first kappa shape index (κ1) is 17.6. The van der Waals surface area contributed by atoms with Crippen LogP contribution in [-0.4, -0.2) is 27.8 Å². The number of imidazole rings is 1. The first-order chi connectivity index (χ1) is 12.6. The van der Waals surface area contributed by atoms with Gasteiger partial charge in [-0.1, -0.05) is 18.2 Å². The highest BCUT2D eigenvalue weighted by Crippen LogP contribution is 2.49. The van der Waals surface area contributed by atoms with Crippen LogP contribution in [-0.2, 0) is 0 Å². The van der Waals surface area contributed by atoms with Gasteiger partial charge in [0, 0.05) is 11.7 Å². The monoisotopic (exact) mass is 373 g/mol. The number of nitrogens with zero attached hydrogens (tertiary/aromatic N) is 2. The van der Waals surface area contributed by atoms with Crippen LogP contribution < -0.4 is 5.32 Å². The summed E-state index contributed by atoms with van der Waals surface area (Å²) in [5, 5.41) is 3.92. The maximum Gasteiger partial charge on any atom is 0.270 e. The van der Waals surface area contributed by atoms with E-state index in [0.29, 0.717) is 16.8 Å². The van der Waals surface area contributed by atoms with E-state index < -0.39 is 0 Å². The highest BCUT2D eigenvalue weighted by molar-refractivity contribution is 7.98. The van der Waals surface area contributed by atoms with E-state index in [0.717, 1.165) is 17.5 Å². The molecule has 4 rings (SSSR count). The number of thioether (sulfide) groups is 1. The molecule has 0 aliphatic heterocycles. The van der Waals surface area contributed by atoms with Crippen LogP contribution >= 0.6 is 11.8 Å². The number of fused-ring (bicyclic) bond motifs is 2. The zero-order valence-electron chi connectivity index (χ0n) is 15.1. The fourth-order valence-corrected chi connectivity index (χ4v) is 5.32. The van der Waals surface area contributed by atoms with Crippen molar-refractivity contribution in [2.75, 3.05) is 6.26 Å². The number of aromatic nitrogens is 2. The Bertz CT molecular complexity index is 804. The molecule has 2 bridgehead atoms. The smallest absolute Gasteiger partial charge is 0.270 e. The van der Waals surface area contributed by atoms with Gasteiger partial charge in [0.2, 0.25) is 0 Å². The van der Waals surface area contributed by atoms with E-state index >= 15 is 0 Å². The normalized spacial score (nSPS) is 25.4. The van der Waals surface area contributed by atoms with Crippen LogP contribution in [0.5, 0.6) is 0 Å². The van der Waals surface area contributed by atoms with Crippen molar-refractivity contribution in [2.24, 2.45) is 17.8 Å². The lowest BCUT2D eigenvalue weighted by Gasteiger charge is -2.28. The zero-order valence-corrected chi connectivity index (χ0v) is 15.9. The second kappa shape index (κ2) is 7.06. The Labute approximate surface area is 157 Å². The molecule has 0 unspecified atom stereocenters. The van der Waals surface area contributed by atoms with Gasteiger partial charge in [-0.05, 0) is 74.5 Å². The molecule has 4 nitrogen and oxygen atoms in total. The lowest BCUT2D eigenvalue weighted by molar-refractivity contribution is 0.0907. The number of halogens is 1. The largest absolute Gasteiger partial charge is 0.348 e. The zero-order chi connectivity index (χ0) is 18.3. The van der Waals surface area contributed by atoms with Crippen LogP contribution in [0, 0.1) is 23.6 Å². The Morgan fingerprint density at radius 3 is 2.69 bits per heavy atom. The van der Waals surface area contributed by atoms with E-state index in [1.54, 1.807) is 22.9 Å². The lowest BCUT2D eigenvalue weighted by Crippen LogP contribution is -2.40. The Kier molecular flexibility index (Phi) is 4.78. The summed E-state index contributed by atoms with van der Waals surface area (Å²) in [6, 6.07) is 6.31. The SMILES string of the molecule is CSc1ncc(C(=O)N[C@H](C)[C@@H]2C[C@H]3CC[C@H]2C3)n1-c1ccc(F)cc1. The molecule has 0 radical (unpaired) electrons. The first-order valence-electron chi connectivity index (χ1n) is 9.25. The van der Waals surface area contributed by atoms with Gasteiger partial charge in [0.25, 0.3) is 5.91 Å². The highest BCUT2D eigenvalue weighted by Gasteiger charge is 2.42. The molecule has 2 aliphatic rings. The quantitative estimate of drug-likeness (QED) is 0.796. The summed E-state index contributed by atoms with van der Waals surface area (Å²) in [6.07, 6.45) is 8.75. The molecule has 2 fully saturated rings. The van der Waals surface area contributed by atoms with E-state index in [1.165, 1.54) is 49.6 Å². The summed E-state index contributed by atoms with van der Waals surface area (Å²) in [6.45, 7) is 2.12. The topological polar surface area (TPSA) is 46.9 Å². The van der Waals surface area contributed by atoms with Gasteiger partial charge in [0.15, 0.2) is 5.16 Å². The van der Waals surface area contributed by atoms with Crippen molar-refractivity contribution in [3.63, 3.8) is 0 Å². The minimum atomic E-state index is -0.296. The van der Waals surface area contributed by atoms with E-state index in [1.807, 2.05) is 6.26 Å². The molecule has 2 saturated carbocycles. The summed E-state index contributed by atoms with van der Waals surface area (Å²) in [7, 11) is 0. The van der Waals surface area contributed by atoms with E-state index in [9.17, 15) is 9.18 Å². The number of rotatable bonds is 5. The minimum Gasteiger partial charge on any atom is -0.348 e. The van der Waals surface area contributed by atoms with Gasteiger partial charge in [-0.15, -0.1) is 0 Å². The summed E-state index contributed by atoms with van der Waals surface area (Å²) < 4.78 is 15.1. The van der Waals surface area contributed by atoms with E-state index in [4.69, 9.17) is 0 Å². The van der Waals surface area contributed by atoms with Gasteiger partial charge >= 0.3 is 0 Å². The molecule has 1 amide bonds. The van der Waals surface area contributed by atoms with Crippen molar-refractivity contribution in [3.8, 4) is 5.69 Å². The molecule has 138 valence electrons. The highest BCUT2D eigenvalue weighted by atomic mass is 32.2. The maximum absolute atomic E-state index is 13.3. The van der Waals surface area contributed by atoms with Crippen LogP contribution in [0.4, 0.5) is 4.39 Å². The Morgan fingerprint density at radius 2 is 2.08 bits per heavy atom. The third-order valence-corrected chi connectivity index (χ3v) is 6.68. The number of nitrogens with one attached hydrogen (secondary N) is 1. The molecule has 2 aliphatic carbocycles. The maximum atomic E-state index is 13.3. The number of benzene rings is 1. The van der Waals surface area contributed by atoms with Crippen molar-refractivity contribution in [3.05, 3.63) is 42.0 Å². The number of carbonyl (C=O) groups is 1. The predicted octanol–water partition coefficient (Wildman–Crippen LogP) is 4.29. The Morgan fingerprint density at radius 1 is 1.31 bits per heavy atom. The van der Waals surface area contributed by atoms with E-state index in [2.05, 4.69) is 17.2 Å². The minimum absolute atomic E-state index is 0.114. The van der Waals surface area contributed by atoms with Crippen molar-refractivity contribution in [1.29, 1.82) is 0 Å². The van der Waals surface area contributed by atoms with Gasteiger partial charge < -0.3 is 5.32 Å². The van der Waals surface area contributed by atoms with Crippen LogP contribution in [0.25, 0.3) is 5.69 Å². The predicted molar refractivity (Wildman–Crippen MR) is 101 cm³/mol. The molecule has 0 spiro atoms. The lowest BCUT2D eigenvalue weighted by atomic mass is 9.84. The third kappa shape index (κ3) is 3.15. The van der Waals surface area contributed by atoms with Gasteiger partial charge in [-0.25, -0.2) is 9.37 Å². The van der Waals surface area contributed by atoms with E-state index in [-0.39, 0.29) is 17.8 Å². The van der Waals surface area contributed by atoms with Crippen LogP contribution in [0.1, 0.15) is 43.1 Å². The third-order valence-electron chi connectivity index (χ3n) is 6.02. The summed E-state index contributed by atoms with van der Waals surface area (Å²) >= 11 is 1.46.